The van der Waals surface area contributed by atoms with E-state index < -0.39 is 0 Å². The lowest BCUT2D eigenvalue weighted by Gasteiger charge is -2.18. The molecule has 1 unspecified atom stereocenters. The molecule has 1 aromatic carbocycles. The predicted molar refractivity (Wildman–Crippen MR) is 64.1 cm³/mol. The largest absolute Gasteiger partial charge is 0.300 e. The van der Waals surface area contributed by atoms with Gasteiger partial charge in [-0.15, -0.1) is 0 Å². The van der Waals surface area contributed by atoms with Gasteiger partial charge in [0, 0.05) is 10.9 Å². The van der Waals surface area contributed by atoms with Crippen LogP contribution in [0, 0.1) is 17.7 Å². The molecular weight excluding hydrogens is 227 g/mol. The van der Waals surface area contributed by atoms with E-state index in [0.29, 0.717) is 17.0 Å². The fraction of sp³-hybridized carbons (Fsp3) is 0.462. The molecule has 0 saturated heterocycles. The molecule has 0 heterocycles. The maximum Gasteiger partial charge on any atom is 0.133 e. The zero-order valence-corrected chi connectivity index (χ0v) is 10.5. The van der Waals surface area contributed by atoms with Crippen LogP contribution in [0.5, 0.6) is 0 Å². The van der Waals surface area contributed by atoms with Crippen LogP contribution in [-0.4, -0.2) is 5.78 Å². The van der Waals surface area contributed by atoms with Crippen LogP contribution in [0.3, 0.4) is 0 Å². The van der Waals surface area contributed by atoms with Crippen molar-refractivity contribution in [2.75, 3.05) is 0 Å². The molecule has 0 N–H and O–H groups in total. The molecule has 16 heavy (non-hydrogen) atoms. The van der Waals surface area contributed by atoms with E-state index in [9.17, 15) is 9.18 Å². The van der Waals surface area contributed by atoms with Crippen LogP contribution < -0.4 is 0 Å². The molecule has 0 spiro atoms. The monoisotopic (exact) mass is 242 g/mol. The molecule has 0 fully saturated rings. The topological polar surface area (TPSA) is 17.1 Å². The number of halogens is 2. The van der Waals surface area contributed by atoms with Gasteiger partial charge in [-0.1, -0.05) is 25.4 Å². The van der Waals surface area contributed by atoms with E-state index in [4.69, 9.17) is 11.6 Å². The van der Waals surface area contributed by atoms with Crippen LogP contribution in [0.15, 0.2) is 18.2 Å². The summed E-state index contributed by atoms with van der Waals surface area (Å²) in [6, 6.07) is 4.26. The van der Waals surface area contributed by atoms with Gasteiger partial charge in [0.05, 0.1) is 0 Å². The Kier molecular flexibility index (Phi) is 4.48. The summed E-state index contributed by atoms with van der Waals surface area (Å²) in [5.74, 6) is -0.0584. The average Bonchev–Trinajstić information content (AvgIpc) is 2.18. The Bertz CT molecular complexity index is 388. The number of hydrogen-bond donors (Lipinski definition) is 0. The van der Waals surface area contributed by atoms with Crippen molar-refractivity contribution in [3.8, 4) is 0 Å². The summed E-state index contributed by atoms with van der Waals surface area (Å²) < 4.78 is 13.1. The highest BCUT2D eigenvalue weighted by atomic mass is 35.5. The second-order valence-electron chi connectivity index (χ2n) is 4.40. The molecular formula is C13H16ClFO. The SMILES string of the molecule is CC(=O)C(Cc1cc(F)ccc1Cl)C(C)C. The van der Waals surface area contributed by atoms with Crippen molar-refractivity contribution in [2.24, 2.45) is 11.8 Å². The molecule has 88 valence electrons. The van der Waals surface area contributed by atoms with Gasteiger partial charge in [-0.05, 0) is 43.0 Å². The fourth-order valence-electron chi connectivity index (χ4n) is 1.79. The van der Waals surface area contributed by atoms with Crippen LogP contribution in [0.2, 0.25) is 5.02 Å². The van der Waals surface area contributed by atoms with Gasteiger partial charge in [0.1, 0.15) is 11.6 Å². The number of rotatable bonds is 4. The Morgan fingerprint density at radius 3 is 2.56 bits per heavy atom. The first kappa shape index (κ1) is 13.2. The molecule has 0 radical (unpaired) electrons. The third kappa shape index (κ3) is 3.31. The summed E-state index contributed by atoms with van der Waals surface area (Å²) in [6.45, 7) is 5.54. The summed E-state index contributed by atoms with van der Waals surface area (Å²) in [4.78, 5) is 11.4. The molecule has 1 aromatic rings. The summed E-state index contributed by atoms with van der Waals surface area (Å²) in [6.07, 6.45) is 0.504. The number of carbonyl (C=O) groups is 1. The molecule has 1 rings (SSSR count). The van der Waals surface area contributed by atoms with Gasteiger partial charge in [-0.25, -0.2) is 4.39 Å². The van der Waals surface area contributed by atoms with Crippen molar-refractivity contribution in [1.82, 2.24) is 0 Å². The average molecular weight is 243 g/mol. The Hall–Kier alpha value is -0.890. The van der Waals surface area contributed by atoms with Crippen molar-refractivity contribution in [3.63, 3.8) is 0 Å². The zero-order valence-electron chi connectivity index (χ0n) is 9.76. The molecule has 1 nitrogen and oxygen atoms in total. The van der Waals surface area contributed by atoms with E-state index in [1.54, 1.807) is 6.92 Å². The van der Waals surface area contributed by atoms with E-state index in [2.05, 4.69) is 0 Å². The van der Waals surface area contributed by atoms with Gasteiger partial charge in [0.2, 0.25) is 0 Å². The molecule has 0 aliphatic carbocycles. The fourth-order valence-corrected chi connectivity index (χ4v) is 1.98. The lowest BCUT2D eigenvalue weighted by molar-refractivity contribution is -0.121. The maximum absolute atomic E-state index is 13.1. The van der Waals surface area contributed by atoms with Gasteiger partial charge in [-0.2, -0.15) is 0 Å². The second kappa shape index (κ2) is 5.44. The van der Waals surface area contributed by atoms with Gasteiger partial charge >= 0.3 is 0 Å². The Morgan fingerprint density at radius 1 is 1.44 bits per heavy atom. The summed E-state index contributed by atoms with van der Waals surface area (Å²) in [5.41, 5.74) is 0.704. The first-order valence-electron chi connectivity index (χ1n) is 5.36. The Morgan fingerprint density at radius 2 is 2.06 bits per heavy atom. The lowest BCUT2D eigenvalue weighted by Crippen LogP contribution is -2.20. The molecule has 1 atom stereocenters. The van der Waals surface area contributed by atoms with Crippen LogP contribution in [0.1, 0.15) is 26.3 Å². The van der Waals surface area contributed by atoms with E-state index in [0.717, 1.165) is 0 Å². The van der Waals surface area contributed by atoms with Crippen molar-refractivity contribution >= 4 is 17.4 Å². The first-order chi connectivity index (χ1) is 7.41. The van der Waals surface area contributed by atoms with E-state index >= 15 is 0 Å². The molecule has 0 saturated carbocycles. The van der Waals surface area contributed by atoms with Crippen molar-refractivity contribution in [1.29, 1.82) is 0 Å². The first-order valence-corrected chi connectivity index (χ1v) is 5.74. The number of carbonyl (C=O) groups excluding carboxylic acids is 1. The van der Waals surface area contributed by atoms with Crippen LogP contribution in [0.25, 0.3) is 0 Å². The highest BCUT2D eigenvalue weighted by molar-refractivity contribution is 6.31. The molecule has 3 heteroatoms. The van der Waals surface area contributed by atoms with Crippen molar-refractivity contribution < 1.29 is 9.18 Å². The van der Waals surface area contributed by atoms with E-state index in [1.807, 2.05) is 13.8 Å². The highest BCUT2D eigenvalue weighted by Crippen LogP contribution is 2.24. The van der Waals surface area contributed by atoms with E-state index in [-0.39, 0.29) is 23.4 Å². The van der Waals surface area contributed by atoms with Gasteiger partial charge in [0.15, 0.2) is 0 Å². The molecule has 0 aromatic heterocycles. The number of hydrogen-bond acceptors (Lipinski definition) is 1. The number of benzene rings is 1. The smallest absolute Gasteiger partial charge is 0.133 e. The molecule has 0 bridgehead atoms. The van der Waals surface area contributed by atoms with Crippen molar-refractivity contribution in [2.45, 2.75) is 27.2 Å². The normalized spacial score (nSPS) is 12.9. The minimum atomic E-state index is -0.314. The minimum Gasteiger partial charge on any atom is -0.300 e. The Balaban J connectivity index is 2.93. The third-order valence-corrected chi connectivity index (χ3v) is 3.14. The standard InChI is InChI=1S/C13H16ClFO/c1-8(2)12(9(3)16)7-10-6-11(15)4-5-13(10)14/h4-6,8,12H,7H2,1-3H3. The van der Waals surface area contributed by atoms with Crippen LogP contribution in [0.4, 0.5) is 4.39 Å². The predicted octanol–water partition coefficient (Wildman–Crippen LogP) is 3.88. The summed E-state index contributed by atoms with van der Waals surface area (Å²) >= 11 is 5.97. The summed E-state index contributed by atoms with van der Waals surface area (Å²) in [5, 5.41) is 0.522. The number of ketones is 1. The summed E-state index contributed by atoms with van der Waals surface area (Å²) in [7, 11) is 0. The van der Waals surface area contributed by atoms with Gasteiger partial charge in [0.25, 0.3) is 0 Å². The highest BCUT2D eigenvalue weighted by Gasteiger charge is 2.20. The van der Waals surface area contributed by atoms with Crippen molar-refractivity contribution in [3.05, 3.63) is 34.6 Å². The number of Topliss-reactive ketones (excluding diaryl/α,β-unsaturated/α-hetero) is 1. The zero-order chi connectivity index (χ0) is 12.3. The molecule has 0 amide bonds. The van der Waals surface area contributed by atoms with Crippen LogP contribution in [-0.2, 0) is 11.2 Å². The van der Waals surface area contributed by atoms with Crippen LogP contribution >= 0.6 is 11.6 Å². The maximum atomic E-state index is 13.1. The quantitative estimate of drug-likeness (QED) is 0.783. The minimum absolute atomic E-state index is 0.0979. The van der Waals surface area contributed by atoms with Gasteiger partial charge in [-0.3, -0.25) is 4.79 Å². The molecule has 0 aliphatic heterocycles. The second-order valence-corrected chi connectivity index (χ2v) is 4.81. The third-order valence-electron chi connectivity index (χ3n) is 2.77. The molecule has 0 aliphatic rings. The lowest BCUT2D eigenvalue weighted by atomic mass is 9.86. The van der Waals surface area contributed by atoms with Gasteiger partial charge < -0.3 is 0 Å². The Labute approximate surface area is 101 Å². The van der Waals surface area contributed by atoms with E-state index in [1.165, 1.54) is 18.2 Å².